The van der Waals surface area contributed by atoms with Gasteiger partial charge in [-0.1, -0.05) is 60.7 Å². The van der Waals surface area contributed by atoms with Gasteiger partial charge in [0.25, 0.3) is 5.91 Å². The molecular formula is C28H26N2O3. The fraction of sp³-hybridized carbons (Fsp3) is 0.143. The summed E-state index contributed by atoms with van der Waals surface area (Å²) in [6.45, 7) is 4.30. The Morgan fingerprint density at radius 1 is 0.848 bits per heavy atom. The number of aryl methyl sites for hydroxylation is 2. The highest BCUT2D eigenvalue weighted by Crippen LogP contribution is 2.22. The number of carbonyl (C=O) groups is 1. The number of para-hydroxylation sites is 1. The Bertz CT molecular complexity index is 1250. The van der Waals surface area contributed by atoms with E-state index < -0.39 is 0 Å². The van der Waals surface area contributed by atoms with Crippen molar-refractivity contribution in [3.63, 3.8) is 0 Å². The van der Waals surface area contributed by atoms with E-state index in [1.54, 1.807) is 6.21 Å². The number of hydrazone groups is 1. The Labute approximate surface area is 193 Å². The van der Waals surface area contributed by atoms with Crippen molar-refractivity contribution < 1.29 is 14.3 Å². The van der Waals surface area contributed by atoms with Gasteiger partial charge in [-0.2, -0.15) is 5.10 Å². The second-order valence-electron chi connectivity index (χ2n) is 7.80. The van der Waals surface area contributed by atoms with Crippen molar-refractivity contribution in [1.29, 1.82) is 0 Å². The molecule has 0 aliphatic carbocycles. The Kier molecular flexibility index (Phi) is 7.00. The lowest BCUT2D eigenvalue weighted by Gasteiger charge is -2.10. The molecule has 4 aromatic rings. The minimum Gasteiger partial charge on any atom is -0.489 e. The van der Waals surface area contributed by atoms with Crippen molar-refractivity contribution in [2.45, 2.75) is 20.5 Å². The van der Waals surface area contributed by atoms with E-state index in [-0.39, 0.29) is 12.5 Å². The lowest BCUT2D eigenvalue weighted by molar-refractivity contribution is -0.123. The number of nitrogens with one attached hydrogen (secondary N) is 1. The number of ether oxygens (including phenoxy) is 2. The number of rotatable bonds is 8. The second kappa shape index (κ2) is 10.5. The van der Waals surface area contributed by atoms with E-state index in [1.165, 1.54) is 10.8 Å². The van der Waals surface area contributed by atoms with Crippen LogP contribution in [0.25, 0.3) is 10.8 Å². The molecule has 0 radical (unpaired) electrons. The zero-order chi connectivity index (χ0) is 23.0. The third-order valence-electron chi connectivity index (χ3n) is 5.31. The first kappa shape index (κ1) is 22.1. The first-order valence-electron chi connectivity index (χ1n) is 10.8. The summed E-state index contributed by atoms with van der Waals surface area (Å²) in [5, 5.41) is 6.41. The molecule has 4 rings (SSSR count). The average molecular weight is 439 g/mol. The molecule has 0 aliphatic heterocycles. The van der Waals surface area contributed by atoms with Gasteiger partial charge < -0.3 is 9.47 Å². The lowest BCUT2D eigenvalue weighted by atomic mass is 10.1. The highest BCUT2D eigenvalue weighted by molar-refractivity contribution is 5.85. The number of fused-ring (bicyclic) bond motifs is 1. The molecular weight excluding hydrogens is 412 g/mol. The third-order valence-corrected chi connectivity index (χ3v) is 5.31. The molecule has 0 heterocycles. The Hall–Kier alpha value is -4.12. The number of amides is 1. The van der Waals surface area contributed by atoms with E-state index in [1.807, 2.05) is 74.5 Å². The molecule has 0 aromatic heterocycles. The van der Waals surface area contributed by atoms with Crippen LogP contribution in [0.1, 0.15) is 22.3 Å². The van der Waals surface area contributed by atoms with Crippen molar-refractivity contribution in [2.24, 2.45) is 5.10 Å². The van der Waals surface area contributed by atoms with Crippen molar-refractivity contribution in [3.8, 4) is 11.5 Å². The number of benzene rings is 4. The van der Waals surface area contributed by atoms with Gasteiger partial charge in [-0.15, -0.1) is 0 Å². The molecule has 0 saturated carbocycles. The second-order valence-corrected chi connectivity index (χ2v) is 7.80. The van der Waals surface area contributed by atoms with Crippen LogP contribution in [0.4, 0.5) is 0 Å². The van der Waals surface area contributed by atoms with E-state index >= 15 is 0 Å². The number of hydrogen-bond acceptors (Lipinski definition) is 4. The van der Waals surface area contributed by atoms with E-state index in [4.69, 9.17) is 9.47 Å². The average Bonchev–Trinajstić information content (AvgIpc) is 2.83. The van der Waals surface area contributed by atoms with Crippen LogP contribution in [-0.4, -0.2) is 18.7 Å². The largest absolute Gasteiger partial charge is 0.489 e. The predicted molar refractivity (Wildman–Crippen MR) is 132 cm³/mol. The minimum absolute atomic E-state index is 0.0933. The first-order valence-corrected chi connectivity index (χ1v) is 10.8. The topological polar surface area (TPSA) is 59.9 Å². The van der Waals surface area contributed by atoms with E-state index in [9.17, 15) is 4.79 Å². The Morgan fingerprint density at radius 2 is 1.55 bits per heavy atom. The number of hydrogen-bond donors (Lipinski definition) is 1. The summed E-state index contributed by atoms with van der Waals surface area (Å²) < 4.78 is 11.6. The highest BCUT2D eigenvalue weighted by Gasteiger charge is 2.06. The summed E-state index contributed by atoms with van der Waals surface area (Å²) in [6, 6.07) is 27.9. The van der Waals surface area contributed by atoms with Crippen LogP contribution in [0.3, 0.4) is 0 Å². The van der Waals surface area contributed by atoms with Crippen molar-refractivity contribution >= 4 is 22.9 Å². The van der Waals surface area contributed by atoms with Gasteiger partial charge in [-0.05, 0) is 71.1 Å². The highest BCUT2D eigenvalue weighted by atomic mass is 16.5. The number of carbonyl (C=O) groups excluding carboxylic acids is 1. The van der Waals surface area contributed by atoms with Crippen molar-refractivity contribution in [1.82, 2.24) is 5.43 Å². The monoisotopic (exact) mass is 438 g/mol. The lowest BCUT2D eigenvalue weighted by Crippen LogP contribution is -2.25. The molecule has 0 spiro atoms. The molecule has 5 nitrogen and oxygen atoms in total. The zero-order valence-electron chi connectivity index (χ0n) is 18.7. The molecule has 0 bridgehead atoms. The van der Waals surface area contributed by atoms with Gasteiger partial charge in [0, 0.05) is 0 Å². The fourth-order valence-corrected chi connectivity index (χ4v) is 3.61. The van der Waals surface area contributed by atoms with Crippen LogP contribution in [-0.2, 0) is 11.4 Å². The summed E-state index contributed by atoms with van der Waals surface area (Å²) in [7, 11) is 0. The Morgan fingerprint density at radius 3 is 2.33 bits per heavy atom. The van der Waals surface area contributed by atoms with Crippen LogP contribution < -0.4 is 14.9 Å². The predicted octanol–water partition coefficient (Wildman–Crippen LogP) is 5.56. The molecule has 0 saturated heterocycles. The molecule has 5 heteroatoms. The normalized spacial score (nSPS) is 11.0. The van der Waals surface area contributed by atoms with Crippen LogP contribution in [0.2, 0.25) is 0 Å². The molecule has 0 unspecified atom stereocenters. The van der Waals surface area contributed by atoms with Gasteiger partial charge in [0.15, 0.2) is 6.61 Å². The first-order chi connectivity index (χ1) is 16.1. The molecule has 0 aliphatic rings. The van der Waals surface area contributed by atoms with Crippen molar-refractivity contribution in [2.75, 3.05) is 6.61 Å². The summed E-state index contributed by atoms with van der Waals surface area (Å²) in [6.07, 6.45) is 1.59. The summed E-state index contributed by atoms with van der Waals surface area (Å²) >= 11 is 0. The summed E-state index contributed by atoms with van der Waals surface area (Å²) in [4.78, 5) is 12.0. The van der Waals surface area contributed by atoms with Gasteiger partial charge in [0.1, 0.15) is 18.1 Å². The number of nitrogens with zero attached hydrogens (tertiary/aromatic N) is 1. The van der Waals surface area contributed by atoms with Gasteiger partial charge in [0.2, 0.25) is 0 Å². The van der Waals surface area contributed by atoms with Gasteiger partial charge in [-0.25, -0.2) is 5.43 Å². The fourth-order valence-electron chi connectivity index (χ4n) is 3.61. The minimum atomic E-state index is -0.316. The quantitative estimate of drug-likeness (QED) is 0.289. The molecule has 166 valence electrons. The standard InChI is InChI=1S/C28H26N2O3/c1-20-7-5-8-21(2)28(20)33-19-27(31)30-29-17-22-13-15-25(16-14-22)32-18-24-11-6-10-23-9-3-4-12-26(23)24/h3-17H,18-19H2,1-2H3,(H,30,31)/b29-17-. The molecule has 1 amide bonds. The Balaban J connectivity index is 1.27. The third kappa shape index (κ3) is 5.77. The van der Waals surface area contributed by atoms with Gasteiger partial charge in [0.05, 0.1) is 6.21 Å². The smallest absolute Gasteiger partial charge is 0.277 e. The zero-order valence-corrected chi connectivity index (χ0v) is 18.7. The van der Waals surface area contributed by atoms with Gasteiger partial charge in [-0.3, -0.25) is 4.79 Å². The van der Waals surface area contributed by atoms with E-state index in [2.05, 4.69) is 34.8 Å². The van der Waals surface area contributed by atoms with Crippen LogP contribution in [0, 0.1) is 13.8 Å². The van der Waals surface area contributed by atoms with Crippen LogP contribution in [0.5, 0.6) is 11.5 Å². The maximum absolute atomic E-state index is 12.0. The van der Waals surface area contributed by atoms with Crippen molar-refractivity contribution in [3.05, 3.63) is 107 Å². The van der Waals surface area contributed by atoms with E-state index in [0.717, 1.165) is 33.8 Å². The summed E-state index contributed by atoms with van der Waals surface area (Å²) in [5.41, 5.74) is 6.48. The maximum atomic E-state index is 12.0. The maximum Gasteiger partial charge on any atom is 0.277 e. The molecule has 4 aromatic carbocycles. The van der Waals surface area contributed by atoms with Gasteiger partial charge >= 0.3 is 0 Å². The molecule has 0 atom stereocenters. The SMILES string of the molecule is Cc1cccc(C)c1OCC(=O)N/N=C\c1ccc(OCc2cccc3ccccc23)cc1. The van der Waals surface area contributed by atoms with Crippen LogP contribution in [0.15, 0.2) is 90.0 Å². The van der Waals surface area contributed by atoms with Crippen LogP contribution >= 0.6 is 0 Å². The molecule has 0 fully saturated rings. The summed E-state index contributed by atoms with van der Waals surface area (Å²) in [5.74, 6) is 1.19. The molecule has 1 N–H and O–H groups in total. The molecule has 33 heavy (non-hydrogen) atoms. The van der Waals surface area contributed by atoms with E-state index in [0.29, 0.717) is 6.61 Å².